The Labute approximate surface area is 101 Å². The maximum Gasteiger partial charge on any atom is 0.187 e. The van der Waals surface area contributed by atoms with Gasteiger partial charge in [-0.2, -0.15) is 0 Å². The van der Waals surface area contributed by atoms with E-state index in [0.717, 1.165) is 0 Å². The Bertz CT molecular complexity index is 291. The molecule has 0 saturated carbocycles. The molecule has 0 radical (unpaired) electrons. The number of rotatable bonds is 3. The smallest absolute Gasteiger partial charge is 0.187 e. The summed E-state index contributed by atoms with van der Waals surface area (Å²) in [6.07, 6.45) is -0.749. The third-order valence-corrected chi connectivity index (χ3v) is 2.98. The Balaban J connectivity index is 2.11. The van der Waals surface area contributed by atoms with Crippen molar-refractivity contribution in [1.29, 1.82) is 0 Å². The van der Waals surface area contributed by atoms with Crippen LogP contribution in [0.2, 0.25) is 0 Å². The molecule has 98 valence electrons. The van der Waals surface area contributed by atoms with Gasteiger partial charge in [0, 0.05) is 0 Å². The zero-order valence-electron chi connectivity index (χ0n) is 10.5. The highest BCUT2D eigenvalue weighted by atomic mass is 16.8. The normalized spacial score (nSPS) is 44.4. The first kappa shape index (κ1) is 13.0. The molecular formula is C12H20O5. The van der Waals surface area contributed by atoms with Crippen molar-refractivity contribution in [2.45, 2.75) is 57.3 Å². The summed E-state index contributed by atoms with van der Waals surface area (Å²) >= 11 is 0. The van der Waals surface area contributed by atoms with Crippen molar-refractivity contribution in [2.24, 2.45) is 0 Å². The van der Waals surface area contributed by atoms with Gasteiger partial charge in [-0.15, -0.1) is 6.58 Å². The second-order valence-corrected chi connectivity index (χ2v) is 4.89. The topological polar surface area (TPSA) is 57.2 Å². The predicted molar refractivity (Wildman–Crippen MR) is 60.3 cm³/mol. The molecule has 2 saturated heterocycles. The molecule has 1 N–H and O–H groups in total. The highest BCUT2D eigenvalue weighted by Crippen LogP contribution is 2.37. The molecule has 5 heteroatoms. The van der Waals surface area contributed by atoms with Crippen molar-refractivity contribution in [1.82, 2.24) is 0 Å². The summed E-state index contributed by atoms with van der Waals surface area (Å²) in [7, 11) is 0. The van der Waals surface area contributed by atoms with Crippen molar-refractivity contribution < 1.29 is 24.1 Å². The third-order valence-electron chi connectivity index (χ3n) is 2.98. The van der Waals surface area contributed by atoms with Crippen molar-refractivity contribution in [3.05, 3.63) is 12.7 Å². The van der Waals surface area contributed by atoms with Gasteiger partial charge in [0.25, 0.3) is 0 Å². The van der Waals surface area contributed by atoms with Crippen LogP contribution in [0.5, 0.6) is 0 Å². The first-order chi connectivity index (χ1) is 7.94. The van der Waals surface area contributed by atoms with Crippen LogP contribution in [0.3, 0.4) is 0 Å². The van der Waals surface area contributed by atoms with Crippen LogP contribution in [0, 0.1) is 0 Å². The molecule has 0 aromatic carbocycles. The molecule has 0 spiro atoms. The van der Waals surface area contributed by atoms with E-state index in [1.165, 1.54) is 0 Å². The third kappa shape index (κ3) is 2.53. The largest absolute Gasteiger partial charge is 0.388 e. The minimum atomic E-state index is -0.723. The van der Waals surface area contributed by atoms with E-state index in [0.29, 0.717) is 6.61 Å². The summed E-state index contributed by atoms with van der Waals surface area (Å²) in [6.45, 7) is 9.38. The molecule has 2 rings (SSSR count). The average molecular weight is 244 g/mol. The summed E-state index contributed by atoms with van der Waals surface area (Å²) in [6, 6.07) is 0. The van der Waals surface area contributed by atoms with E-state index in [1.807, 2.05) is 13.8 Å². The van der Waals surface area contributed by atoms with E-state index < -0.39 is 30.4 Å². The van der Waals surface area contributed by atoms with E-state index in [2.05, 4.69) is 6.58 Å². The zero-order chi connectivity index (χ0) is 12.6. The quantitative estimate of drug-likeness (QED) is 0.745. The second-order valence-electron chi connectivity index (χ2n) is 4.89. The Hall–Kier alpha value is -0.460. The lowest BCUT2D eigenvalue weighted by molar-refractivity contribution is -0.268. The maximum atomic E-state index is 10.0. The van der Waals surface area contributed by atoms with Crippen LogP contribution >= 0.6 is 0 Å². The zero-order valence-corrected chi connectivity index (χ0v) is 10.5. The van der Waals surface area contributed by atoms with Crippen LogP contribution in [0.25, 0.3) is 0 Å². The first-order valence-electron chi connectivity index (χ1n) is 5.86. The van der Waals surface area contributed by atoms with E-state index in [9.17, 15) is 5.11 Å². The molecule has 0 aromatic rings. The Kier molecular flexibility index (Phi) is 3.56. The van der Waals surface area contributed by atoms with Gasteiger partial charge in [0.15, 0.2) is 12.1 Å². The number of aliphatic hydroxyl groups is 1. The summed E-state index contributed by atoms with van der Waals surface area (Å²) in [5.74, 6) is -0.723. The lowest BCUT2D eigenvalue weighted by Crippen LogP contribution is -2.55. The second kappa shape index (κ2) is 4.66. The van der Waals surface area contributed by atoms with Crippen LogP contribution < -0.4 is 0 Å². The van der Waals surface area contributed by atoms with Gasteiger partial charge < -0.3 is 24.1 Å². The van der Waals surface area contributed by atoms with Crippen molar-refractivity contribution in [3.8, 4) is 0 Å². The molecule has 0 aromatic heterocycles. The molecule has 2 aliphatic rings. The lowest BCUT2D eigenvalue weighted by atomic mass is 10.0. The molecule has 0 aliphatic carbocycles. The fraction of sp³-hybridized carbons (Fsp3) is 0.833. The molecular weight excluding hydrogens is 224 g/mol. The van der Waals surface area contributed by atoms with Crippen molar-refractivity contribution in [2.75, 3.05) is 6.61 Å². The van der Waals surface area contributed by atoms with Crippen molar-refractivity contribution >= 4 is 0 Å². The molecule has 5 unspecified atom stereocenters. The Morgan fingerprint density at radius 2 is 2.00 bits per heavy atom. The van der Waals surface area contributed by atoms with Gasteiger partial charge in [0.1, 0.15) is 18.3 Å². The number of fused-ring (bicyclic) bond motifs is 1. The predicted octanol–water partition coefficient (Wildman–Crippen LogP) is 0.815. The molecule has 17 heavy (non-hydrogen) atoms. The molecule has 5 nitrogen and oxygen atoms in total. The Morgan fingerprint density at radius 1 is 1.35 bits per heavy atom. The van der Waals surface area contributed by atoms with Crippen LogP contribution in [-0.2, 0) is 18.9 Å². The van der Waals surface area contributed by atoms with Crippen LogP contribution in [-0.4, -0.2) is 48.2 Å². The molecule has 5 atom stereocenters. The van der Waals surface area contributed by atoms with E-state index >= 15 is 0 Å². The van der Waals surface area contributed by atoms with Gasteiger partial charge in [-0.3, -0.25) is 0 Å². The molecule has 0 bridgehead atoms. The van der Waals surface area contributed by atoms with Crippen molar-refractivity contribution in [3.63, 3.8) is 0 Å². The summed E-state index contributed by atoms with van der Waals surface area (Å²) in [5.41, 5.74) is 0. The fourth-order valence-corrected chi connectivity index (χ4v) is 2.23. The van der Waals surface area contributed by atoms with Gasteiger partial charge in [0.2, 0.25) is 0 Å². The lowest BCUT2D eigenvalue weighted by Gasteiger charge is -2.38. The van der Waals surface area contributed by atoms with E-state index in [1.54, 1.807) is 13.0 Å². The van der Waals surface area contributed by atoms with Gasteiger partial charge >= 0.3 is 0 Å². The molecule has 0 amide bonds. The number of aliphatic hydroxyl groups excluding tert-OH is 1. The van der Waals surface area contributed by atoms with Gasteiger partial charge in [-0.25, -0.2) is 0 Å². The summed E-state index contributed by atoms with van der Waals surface area (Å²) in [5, 5.41) is 10.0. The monoisotopic (exact) mass is 244 g/mol. The number of hydrogen-bond acceptors (Lipinski definition) is 5. The van der Waals surface area contributed by atoms with Crippen LogP contribution in [0.4, 0.5) is 0 Å². The van der Waals surface area contributed by atoms with Crippen LogP contribution in [0.1, 0.15) is 20.8 Å². The SMILES string of the molecule is C=CCOC1OC(C)C(O)C2OC(C)(C)OC12. The molecule has 2 aliphatic heterocycles. The fourth-order valence-electron chi connectivity index (χ4n) is 2.23. The highest BCUT2D eigenvalue weighted by molar-refractivity contribution is 4.95. The standard InChI is InChI=1S/C12H20O5/c1-5-6-14-11-10-9(8(13)7(2)15-11)16-12(3,4)17-10/h5,7-11,13H,1,6H2,2-4H3. The van der Waals surface area contributed by atoms with Crippen LogP contribution in [0.15, 0.2) is 12.7 Å². The molecule has 2 heterocycles. The summed E-state index contributed by atoms with van der Waals surface area (Å²) < 4.78 is 22.5. The minimum absolute atomic E-state index is 0.344. The van der Waals surface area contributed by atoms with E-state index in [-0.39, 0.29) is 6.10 Å². The van der Waals surface area contributed by atoms with E-state index in [4.69, 9.17) is 18.9 Å². The molecule has 2 fully saturated rings. The average Bonchev–Trinajstić information content (AvgIpc) is 2.58. The van der Waals surface area contributed by atoms with Gasteiger partial charge in [-0.1, -0.05) is 6.08 Å². The number of ether oxygens (including phenoxy) is 4. The maximum absolute atomic E-state index is 10.0. The highest BCUT2D eigenvalue weighted by Gasteiger charge is 2.54. The van der Waals surface area contributed by atoms with Gasteiger partial charge in [0.05, 0.1) is 12.7 Å². The minimum Gasteiger partial charge on any atom is -0.388 e. The Morgan fingerprint density at radius 3 is 2.65 bits per heavy atom. The van der Waals surface area contributed by atoms with Gasteiger partial charge in [-0.05, 0) is 20.8 Å². The number of hydrogen-bond donors (Lipinski definition) is 1. The summed E-state index contributed by atoms with van der Waals surface area (Å²) in [4.78, 5) is 0. The first-order valence-corrected chi connectivity index (χ1v) is 5.86.